The number of nitrogens with two attached hydrogens (primary N) is 2. The Kier molecular flexibility index (Phi) is 3.41. The number of benzene rings is 1. The van der Waals surface area contributed by atoms with Gasteiger partial charge in [-0.3, -0.25) is 9.48 Å². The van der Waals surface area contributed by atoms with E-state index in [1.807, 2.05) is 14.0 Å². The minimum atomic E-state index is -0.222. The standard InChI is InChI=1S/C13H17N5O/c1-8-9(7-17-18(8)2)6-16-13(19)11-4-3-10(14)5-12(11)15/h3-5,7H,6,14-15H2,1-2H3,(H,16,19). The van der Waals surface area contributed by atoms with Crippen LogP contribution < -0.4 is 16.8 Å². The fourth-order valence-corrected chi connectivity index (χ4v) is 1.78. The van der Waals surface area contributed by atoms with Crippen LogP contribution in [-0.2, 0) is 13.6 Å². The number of carbonyl (C=O) groups excluding carboxylic acids is 1. The smallest absolute Gasteiger partial charge is 0.253 e. The van der Waals surface area contributed by atoms with Crippen molar-refractivity contribution in [1.82, 2.24) is 15.1 Å². The molecule has 100 valence electrons. The molecule has 0 fully saturated rings. The third kappa shape index (κ3) is 2.67. The summed E-state index contributed by atoms with van der Waals surface area (Å²) < 4.78 is 1.76. The molecule has 0 saturated heterocycles. The maximum Gasteiger partial charge on any atom is 0.253 e. The van der Waals surface area contributed by atoms with Crippen LogP contribution in [0.2, 0.25) is 0 Å². The van der Waals surface area contributed by atoms with Crippen LogP contribution >= 0.6 is 0 Å². The maximum atomic E-state index is 12.0. The second-order valence-electron chi connectivity index (χ2n) is 4.41. The molecule has 0 spiro atoms. The second-order valence-corrected chi connectivity index (χ2v) is 4.41. The minimum absolute atomic E-state index is 0.222. The minimum Gasteiger partial charge on any atom is -0.399 e. The molecule has 0 atom stereocenters. The Morgan fingerprint density at radius 3 is 2.74 bits per heavy atom. The number of hydrogen-bond donors (Lipinski definition) is 3. The number of anilines is 2. The highest BCUT2D eigenvalue weighted by atomic mass is 16.1. The number of aromatic nitrogens is 2. The summed E-state index contributed by atoms with van der Waals surface area (Å²) in [6.07, 6.45) is 1.74. The first-order valence-electron chi connectivity index (χ1n) is 5.89. The van der Waals surface area contributed by atoms with Gasteiger partial charge in [0.05, 0.1) is 11.8 Å². The summed E-state index contributed by atoms with van der Waals surface area (Å²) in [5, 5.41) is 6.94. The van der Waals surface area contributed by atoms with Crippen LogP contribution in [0.1, 0.15) is 21.6 Å². The fraction of sp³-hybridized carbons (Fsp3) is 0.231. The topological polar surface area (TPSA) is 99.0 Å². The Labute approximate surface area is 111 Å². The molecule has 2 aromatic rings. The van der Waals surface area contributed by atoms with Crippen LogP contribution in [-0.4, -0.2) is 15.7 Å². The molecule has 0 aliphatic rings. The van der Waals surface area contributed by atoms with Crippen molar-refractivity contribution in [3.8, 4) is 0 Å². The van der Waals surface area contributed by atoms with Crippen LogP contribution in [0.15, 0.2) is 24.4 Å². The van der Waals surface area contributed by atoms with E-state index in [9.17, 15) is 4.79 Å². The van der Waals surface area contributed by atoms with Gasteiger partial charge in [0.25, 0.3) is 5.91 Å². The van der Waals surface area contributed by atoms with Gasteiger partial charge in [-0.05, 0) is 25.1 Å². The van der Waals surface area contributed by atoms with Crippen molar-refractivity contribution in [1.29, 1.82) is 0 Å². The summed E-state index contributed by atoms with van der Waals surface area (Å²) in [7, 11) is 1.86. The van der Waals surface area contributed by atoms with Crippen molar-refractivity contribution in [2.45, 2.75) is 13.5 Å². The van der Waals surface area contributed by atoms with Gasteiger partial charge in [0, 0.05) is 36.2 Å². The predicted octanol–water partition coefficient (Wildman–Crippen LogP) is 0.823. The van der Waals surface area contributed by atoms with Crippen molar-refractivity contribution in [3.05, 3.63) is 41.2 Å². The third-order valence-electron chi connectivity index (χ3n) is 3.10. The summed E-state index contributed by atoms with van der Waals surface area (Å²) >= 11 is 0. The number of rotatable bonds is 3. The van der Waals surface area contributed by atoms with Gasteiger partial charge in [-0.15, -0.1) is 0 Å². The molecule has 0 saturated carbocycles. The largest absolute Gasteiger partial charge is 0.399 e. The zero-order valence-corrected chi connectivity index (χ0v) is 11.0. The number of nitrogens with one attached hydrogen (secondary N) is 1. The summed E-state index contributed by atoms with van der Waals surface area (Å²) in [5.74, 6) is -0.222. The molecule has 1 aromatic carbocycles. The van der Waals surface area contributed by atoms with E-state index >= 15 is 0 Å². The highest BCUT2D eigenvalue weighted by molar-refractivity contribution is 5.99. The van der Waals surface area contributed by atoms with Crippen LogP contribution in [0, 0.1) is 6.92 Å². The van der Waals surface area contributed by atoms with Crippen LogP contribution in [0.3, 0.4) is 0 Å². The van der Waals surface area contributed by atoms with E-state index in [0.717, 1.165) is 11.3 Å². The van der Waals surface area contributed by atoms with Crippen molar-refractivity contribution in [2.24, 2.45) is 7.05 Å². The van der Waals surface area contributed by atoms with Gasteiger partial charge >= 0.3 is 0 Å². The average Bonchev–Trinajstić information content (AvgIpc) is 2.67. The van der Waals surface area contributed by atoms with Crippen LogP contribution in [0.4, 0.5) is 11.4 Å². The maximum absolute atomic E-state index is 12.0. The number of hydrogen-bond acceptors (Lipinski definition) is 4. The number of amides is 1. The van der Waals surface area contributed by atoms with Crippen LogP contribution in [0.25, 0.3) is 0 Å². The quantitative estimate of drug-likeness (QED) is 0.711. The molecule has 19 heavy (non-hydrogen) atoms. The summed E-state index contributed by atoms with van der Waals surface area (Å²) in [4.78, 5) is 12.0. The molecule has 6 heteroatoms. The SMILES string of the molecule is Cc1c(CNC(=O)c2ccc(N)cc2N)cnn1C. The van der Waals surface area contributed by atoms with Crippen molar-refractivity contribution < 1.29 is 4.79 Å². The van der Waals surface area contributed by atoms with Gasteiger partial charge in [0.2, 0.25) is 0 Å². The van der Waals surface area contributed by atoms with E-state index in [1.54, 1.807) is 29.1 Å². The van der Waals surface area contributed by atoms with Gasteiger partial charge < -0.3 is 16.8 Å². The highest BCUT2D eigenvalue weighted by Gasteiger charge is 2.11. The van der Waals surface area contributed by atoms with E-state index in [2.05, 4.69) is 10.4 Å². The lowest BCUT2D eigenvalue weighted by Crippen LogP contribution is -2.24. The van der Waals surface area contributed by atoms with E-state index < -0.39 is 0 Å². The first kappa shape index (κ1) is 12.9. The van der Waals surface area contributed by atoms with Gasteiger partial charge in [0.1, 0.15) is 0 Å². The molecule has 0 bridgehead atoms. The number of nitrogens with zero attached hydrogens (tertiary/aromatic N) is 2. The van der Waals surface area contributed by atoms with Gasteiger partial charge in [-0.25, -0.2) is 0 Å². The Morgan fingerprint density at radius 1 is 1.42 bits per heavy atom. The van der Waals surface area contributed by atoms with Gasteiger partial charge in [-0.1, -0.05) is 0 Å². The van der Waals surface area contributed by atoms with Gasteiger partial charge in [-0.2, -0.15) is 5.10 Å². The molecule has 1 heterocycles. The fourth-order valence-electron chi connectivity index (χ4n) is 1.78. The molecule has 0 radical (unpaired) electrons. The highest BCUT2D eigenvalue weighted by Crippen LogP contribution is 2.15. The molecule has 5 N–H and O–H groups in total. The Bertz CT molecular complexity index is 617. The molecular weight excluding hydrogens is 242 g/mol. The number of nitrogen functional groups attached to an aromatic ring is 2. The molecule has 1 aromatic heterocycles. The zero-order valence-electron chi connectivity index (χ0n) is 11.0. The van der Waals surface area contributed by atoms with Crippen molar-refractivity contribution in [2.75, 3.05) is 11.5 Å². The molecule has 0 aliphatic carbocycles. The van der Waals surface area contributed by atoms with E-state index in [4.69, 9.17) is 11.5 Å². The number of aryl methyl sites for hydroxylation is 1. The third-order valence-corrected chi connectivity index (χ3v) is 3.10. The summed E-state index contributed by atoms with van der Waals surface area (Å²) in [6.45, 7) is 2.37. The monoisotopic (exact) mass is 259 g/mol. The second kappa shape index (κ2) is 5.01. The lowest BCUT2D eigenvalue weighted by molar-refractivity contribution is 0.0952. The Hall–Kier alpha value is -2.50. The average molecular weight is 259 g/mol. The zero-order chi connectivity index (χ0) is 14.0. The first-order valence-corrected chi connectivity index (χ1v) is 5.89. The Morgan fingerprint density at radius 2 is 2.16 bits per heavy atom. The van der Waals surface area contributed by atoms with E-state index in [-0.39, 0.29) is 5.91 Å². The lowest BCUT2D eigenvalue weighted by atomic mass is 10.1. The van der Waals surface area contributed by atoms with E-state index in [0.29, 0.717) is 23.5 Å². The van der Waals surface area contributed by atoms with Crippen molar-refractivity contribution in [3.63, 3.8) is 0 Å². The van der Waals surface area contributed by atoms with Crippen LogP contribution in [0.5, 0.6) is 0 Å². The normalized spacial score (nSPS) is 10.4. The first-order chi connectivity index (χ1) is 8.99. The summed E-state index contributed by atoms with van der Waals surface area (Å²) in [5.41, 5.74) is 14.7. The molecular formula is C13H17N5O. The van der Waals surface area contributed by atoms with E-state index in [1.165, 1.54) is 0 Å². The van der Waals surface area contributed by atoms with Crippen molar-refractivity contribution >= 4 is 17.3 Å². The Balaban J connectivity index is 2.07. The summed E-state index contributed by atoms with van der Waals surface area (Å²) in [6, 6.07) is 4.85. The molecule has 0 aliphatic heterocycles. The molecule has 0 unspecified atom stereocenters. The molecule has 1 amide bonds. The number of carbonyl (C=O) groups is 1. The molecule has 6 nitrogen and oxygen atoms in total. The lowest BCUT2D eigenvalue weighted by Gasteiger charge is -2.08. The van der Waals surface area contributed by atoms with Gasteiger partial charge in [0.15, 0.2) is 0 Å². The molecule has 2 rings (SSSR count). The predicted molar refractivity (Wildman–Crippen MR) is 74.4 cm³/mol.